The highest BCUT2D eigenvalue weighted by atomic mass is 32.2. The van der Waals surface area contributed by atoms with Crippen molar-refractivity contribution >= 4 is 21.0 Å². The molecule has 1 aromatic carbocycles. The Kier molecular flexibility index (Phi) is 4.33. The molecule has 9 heteroatoms. The molecule has 0 aromatic heterocycles. The maximum absolute atomic E-state index is 12.5. The van der Waals surface area contributed by atoms with Crippen LogP contribution in [0.3, 0.4) is 0 Å². The molecular formula is C16H15F3N3O2S+. The summed E-state index contributed by atoms with van der Waals surface area (Å²) in [6.07, 6.45) is -1.04. The number of ether oxygens (including phenoxy) is 2. The monoisotopic (exact) mass is 370 g/mol. The molecule has 1 unspecified atom stereocenters. The quantitative estimate of drug-likeness (QED) is 0.493. The molecule has 0 aliphatic carbocycles. The number of nitrogens with zero attached hydrogens (tertiary/aromatic N) is 2. The number of fused-ring (bicyclic) bond motifs is 1. The molecule has 0 amide bonds. The van der Waals surface area contributed by atoms with Crippen LogP contribution in [0.1, 0.15) is 19.4 Å². The number of halogens is 3. The van der Waals surface area contributed by atoms with Crippen LogP contribution in [0.15, 0.2) is 29.3 Å². The fourth-order valence-electron chi connectivity index (χ4n) is 2.67. The number of hydrogen-bond acceptors (Lipinski definition) is 5. The Labute approximate surface area is 145 Å². The maximum Gasteiger partial charge on any atom is 0.573 e. The fraction of sp³-hybridized carbons (Fsp3) is 0.375. The molecule has 25 heavy (non-hydrogen) atoms. The second kappa shape index (κ2) is 6.19. The average molecular weight is 370 g/mol. The predicted molar refractivity (Wildman–Crippen MR) is 89.1 cm³/mol. The van der Waals surface area contributed by atoms with Crippen LogP contribution < -0.4 is 14.8 Å². The van der Waals surface area contributed by atoms with Gasteiger partial charge in [-0.25, -0.2) is 10.3 Å². The molecule has 5 nitrogen and oxygen atoms in total. The van der Waals surface area contributed by atoms with Crippen molar-refractivity contribution in [1.29, 1.82) is 5.26 Å². The highest BCUT2D eigenvalue weighted by Crippen LogP contribution is 2.42. The summed E-state index contributed by atoms with van der Waals surface area (Å²) < 4.78 is 47.5. The molecule has 0 saturated heterocycles. The number of aliphatic imine (C=N–C) groups is 1. The van der Waals surface area contributed by atoms with Crippen LogP contribution >= 0.6 is 0 Å². The highest BCUT2D eigenvalue weighted by molar-refractivity contribution is 8.19. The fourth-order valence-corrected chi connectivity index (χ4v) is 4.84. The summed E-state index contributed by atoms with van der Waals surface area (Å²) in [5.74, 6) is 0.859. The SMILES string of the molecule is CC1(C)C=C([S+]2CCN=C2NC#N)c2cc(OC(F)(F)F)ccc2O1. The van der Waals surface area contributed by atoms with Gasteiger partial charge in [0.2, 0.25) is 0 Å². The predicted octanol–water partition coefficient (Wildman–Crippen LogP) is 3.16. The van der Waals surface area contributed by atoms with Crippen molar-refractivity contribution in [2.24, 2.45) is 4.99 Å². The van der Waals surface area contributed by atoms with Crippen molar-refractivity contribution in [1.82, 2.24) is 5.32 Å². The molecule has 0 bridgehead atoms. The second-order valence-electron chi connectivity index (χ2n) is 5.94. The first-order valence-corrected chi connectivity index (χ1v) is 8.80. The molecule has 132 valence electrons. The first-order valence-electron chi connectivity index (χ1n) is 7.41. The van der Waals surface area contributed by atoms with Crippen molar-refractivity contribution in [3.8, 4) is 17.7 Å². The number of amidine groups is 1. The molecule has 0 fully saturated rings. The summed E-state index contributed by atoms with van der Waals surface area (Å²) in [5.41, 5.74) is -0.0963. The molecule has 0 spiro atoms. The summed E-state index contributed by atoms with van der Waals surface area (Å²) in [6.45, 7) is 4.29. The van der Waals surface area contributed by atoms with Crippen molar-refractivity contribution in [2.45, 2.75) is 25.8 Å². The highest BCUT2D eigenvalue weighted by Gasteiger charge is 2.43. The van der Waals surface area contributed by atoms with Gasteiger partial charge < -0.3 is 9.47 Å². The Bertz CT molecular complexity index is 797. The van der Waals surface area contributed by atoms with E-state index in [0.717, 1.165) is 4.91 Å². The van der Waals surface area contributed by atoms with E-state index in [1.807, 2.05) is 26.1 Å². The first kappa shape index (κ1) is 17.5. The summed E-state index contributed by atoms with van der Waals surface area (Å²) >= 11 is 0. The van der Waals surface area contributed by atoms with Crippen LogP contribution in [0.2, 0.25) is 0 Å². The van der Waals surface area contributed by atoms with Gasteiger partial charge in [-0.3, -0.25) is 0 Å². The van der Waals surface area contributed by atoms with Crippen LogP contribution in [-0.4, -0.2) is 29.4 Å². The van der Waals surface area contributed by atoms with Crippen LogP contribution in [0.25, 0.3) is 4.91 Å². The van der Waals surface area contributed by atoms with E-state index in [1.165, 1.54) is 18.2 Å². The van der Waals surface area contributed by atoms with Crippen LogP contribution in [0, 0.1) is 11.5 Å². The topological polar surface area (TPSA) is 66.6 Å². The Balaban J connectivity index is 2.03. The molecule has 1 N–H and O–H groups in total. The smallest absolute Gasteiger partial charge is 0.483 e. The van der Waals surface area contributed by atoms with Gasteiger partial charge in [0.05, 0.1) is 12.1 Å². The summed E-state index contributed by atoms with van der Waals surface area (Å²) in [7, 11) is -0.530. The minimum atomic E-state index is -4.77. The lowest BCUT2D eigenvalue weighted by atomic mass is 10.0. The third kappa shape index (κ3) is 3.85. The third-order valence-corrected chi connectivity index (χ3v) is 5.67. The lowest BCUT2D eigenvalue weighted by Crippen LogP contribution is -2.34. The lowest BCUT2D eigenvalue weighted by molar-refractivity contribution is -0.274. The second-order valence-corrected chi connectivity index (χ2v) is 7.95. The normalized spacial score (nSPS) is 21.4. The van der Waals surface area contributed by atoms with Crippen molar-refractivity contribution < 1.29 is 22.6 Å². The minimum absolute atomic E-state index is 0.310. The van der Waals surface area contributed by atoms with E-state index in [9.17, 15) is 13.2 Å². The van der Waals surface area contributed by atoms with Crippen LogP contribution in [-0.2, 0) is 10.9 Å². The standard InChI is InChI=1S/C16H15F3N3O2S/c1-15(2)8-13(25-6-5-21-14(25)22-9-20)11-7-10(23-16(17,18)19)3-4-12(11)24-15/h3-4,7-8H,5-6H2,1-2H3,(H,21,22)/q+1. The number of nitriles is 1. The number of rotatable bonds is 2. The van der Waals surface area contributed by atoms with Gasteiger partial charge in [-0.05, 0) is 32.0 Å². The van der Waals surface area contributed by atoms with Gasteiger partial charge in [0.15, 0.2) is 11.1 Å². The number of hydrogen-bond donors (Lipinski definition) is 1. The molecule has 2 heterocycles. The Morgan fingerprint density at radius 2 is 2.16 bits per heavy atom. The third-order valence-electron chi connectivity index (χ3n) is 3.51. The van der Waals surface area contributed by atoms with E-state index in [-0.39, 0.29) is 5.75 Å². The van der Waals surface area contributed by atoms with Gasteiger partial charge >= 0.3 is 11.5 Å². The number of benzene rings is 1. The van der Waals surface area contributed by atoms with E-state index in [1.54, 1.807) is 0 Å². The maximum atomic E-state index is 12.5. The molecule has 2 aliphatic rings. The number of nitrogens with one attached hydrogen (secondary N) is 1. The van der Waals surface area contributed by atoms with E-state index in [4.69, 9.17) is 10.00 Å². The summed E-state index contributed by atoms with van der Waals surface area (Å²) in [5, 5.41) is 12.0. The Morgan fingerprint density at radius 1 is 1.40 bits per heavy atom. The number of alkyl halides is 3. The molecule has 3 rings (SSSR count). The molecule has 1 atom stereocenters. The van der Waals surface area contributed by atoms with E-state index < -0.39 is 22.9 Å². The van der Waals surface area contributed by atoms with Gasteiger partial charge in [-0.1, -0.05) is 0 Å². The Morgan fingerprint density at radius 3 is 2.84 bits per heavy atom. The first-order chi connectivity index (χ1) is 11.7. The minimum Gasteiger partial charge on any atom is -0.483 e. The van der Waals surface area contributed by atoms with E-state index in [0.29, 0.717) is 28.8 Å². The van der Waals surface area contributed by atoms with Crippen molar-refractivity contribution in [3.63, 3.8) is 0 Å². The van der Waals surface area contributed by atoms with E-state index >= 15 is 0 Å². The van der Waals surface area contributed by atoms with Crippen molar-refractivity contribution in [2.75, 3.05) is 12.3 Å². The zero-order valence-corrected chi connectivity index (χ0v) is 14.3. The lowest BCUT2D eigenvalue weighted by Gasteiger charge is -2.29. The van der Waals surface area contributed by atoms with Crippen LogP contribution in [0.4, 0.5) is 13.2 Å². The van der Waals surface area contributed by atoms with Gasteiger partial charge in [-0.2, -0.15) is 5.26 Å². The molecular weight excluding hydrogens is 355 g/mol. The molecule has 0 radical (unpaired) electrons. The van der Waals surface area contributed by atoms with Crippen LogP contribution in [0.5, 0.6) is 11.5 Å². The molecule has 0 saturated carbocycles. The van der Waals surface area contributed by atoms with Gasteiger partial charge in [0, 0.05) is 6.08 Å². The molecule has 1 aromatic rings. The van der Waals surface area contributed by atoms with Crippen molar-refractivity contribution in [3.05, 3.63) is 29.8 Å². The zero-order chi connectivity index (χ0) is 18.2. The van der Waals surface area contributed by atoms with Gasteiger partial charge in [-0.15, -0.1) is 13.2 Å². The average Bonchev–Trinajstić information content (AvgIpc) is 2.93. The van der Waals surface area contributed by atoms with Gasteiger partial charge in [0.1, 0.15) is 33.7 Å². The van der Waals surface area contributed by atoms with E-state index in [2.05, 4.69) is 15.0 Å². The largest absolute Gasteiger partial charge is 0.573 e. The van der Waals surface area contributed by atoms with Gasteiger partial charge in [0.25, 0.3) is 0 Å². The Hall–Kier alpha value is -2.34. The summed E-state index contributed by atoms with van der Waals surface area (Å²) in [4.78, 5) is 5.09. The zero-order valence-electron chi connectivity index (χ0n) is 13.5. The summed E-state index contributed by atoms with van der Waals surface area (Å²) in [6, 6.07) is 4.02. The molecule has 2 aliphatic heterocycles.